The molecule has 1 saturated heterocycles. The number of halogens is 1. The number of rotatable bonds is 9. The lowest BCUT2D eigenvalue weighted by atomic mass is 10.4. The van der Waals surface area contributed by atoms with Gasteiger partial charge in [0.15, 0.2) is 0 Å². The molecule has 1 unspecified atom stereocenters. The molecule has 9 heteroatoms. The summed E-state index contributed by atoms with van der Waals surface area (Å²) in [7, 11) is -4.66. The standard InChI is InChI=1S/C10H18FNO6S/c11-19(15,16)9-7-10(14)12(8-9)1-3-17-5-6-18-4-2-13/h9,13H,1-8H2. The van der Waals surface area contributed by atoms with E-state index in [1.807, 2.05) is 0 Å². The summed E-state index contributed by atoms with van der Waals surface area (Å²) < 4.78 is 44.2. The van der Waals surface area contributed by atoms with Crippen LogP contribution >= 0.6 is 0 Å². The molecule has 0 aliphatic carbocycles. The molecule has 19 heavy (non-hydrogen) atoms. The van der Waals surface area contributed by atoms with Gasteiger partial charge >= 0.3 is 10.2 Å². The second kappa shape index (κ2) is 7.73. The van der Waals surface area contributed by atoms with Crippen LogP contribution in [0, 0.1) is 0 Å². The van der Waals surface area contributed by atoms with Crippen molar-refractivity contribution in [1.82, 2.24) is 4.90 Å². The minimum atomic E-state index is -4.66. The van der Waals surface area contributed by atoms with E-state index in [1.165, 1.54) is 4.90 Å². The second-order valence-corrected chi connectivity index (χ2v) is 5.71. The van der Waals surface area contributed by atoms with Crippen molar-refractivity contribution < 1.29 is 31.7 Å². The Balaban J connectivity index is 2.15. The maximum Gasteiger partial charge on any atom is 0.307 e. The first-order chi connectivity index (χ1) is 8.95. The molecule has 0 radical (unpaired) electrons. The van der Waals surface area contributed by atoms with E-state index in [4.69, 9.17) is 14.6 Å². The van der Waals surface area contributed by atoms with Gasteiger partial charge in [-0.25, -0.2) is 0 Å². The summed E-state index contributed by atoms with van der Waals surface area (Å²) >= 11 is 0. The predicted molar refractivity (Wildman–Crippen MR) is 63.7 cm³/mol. The fraction of sp³-hybridized carbons (Fsp3) is 0.900. The van der Waals surface area contributed by atoms with Crippen LogP contribution in [0.1, 0.15) is 6.42 Å². The highest BCUT2D eigenvalue weighted by atomic mass is 32.3. The number of aliphatic hydroxyl groups excluding tert-OH is 1. The zero-order valence-electron chi connectivity index (χ0n) is 10.5. The molecular formula is C10H18FNO6S. The highest BCUT2D eigenvalue weighted by Gasteiger charge is 2.37. The minimum absolute atomic E-state index is 0.0542. The Bertz CT molecular complexity index is 387. The van der Waals surface area contributed by atoms with Gasteiger partial charge in [-0.2, -0.15) is 8.42 Å². The monoisotopic (exact) mass is 299 g/mol. The third kappa shape index (κ3) is 5.81. The van der Waals surface area contributed by atoms with E-state index in [0.717, 1.165) is 0 Å². The second-order valence-electron chi connectivity index (χ2n) is 4.09. The summed E-state index contributed by atoms with van der Waals surface area (Å²) in [6.45, 7) is 1.16. The summed E-state index contributed by atoms with van der Waals surface area (Å²) in [6.07, 6.45) is -0.307. The van der Waals surface area contributed by atoms with Gasteiger partial charge in [-0.3, -0.25) is 4.79 Å². The Morgan fingerprint density at radius 3 is 2.42 bits per heavy atom. The first-order valence-electron chi connectivity index (χ1n) is 5.92. The van der Waals surface area contributed by atoms with Crippen LogP contribution < -0.4 is 0 Å². The van der Waals surface area contributed by atoms with Gasteiger partial charge in [0.2, 0.25) is 5.91 Å². The quantitative estimate of drug-likeness (QED) is 0.430. The fourth-order valence-corrected chi connectivity index (χ4v) is 2.40. The zero-order valence-corrected chi connectivity index (χ0v) is 11.3. The van der Waals surface area contributed by atoms with E-state index in [9.17, 15) is 17.1 Å². The number of nitrogens with zero attached hydrogens (tertiary/aromatic N) is 1. The van der Waals surface area contributed by atoms with Gasteiger partial charge in [-0.1, -0.05) is 0 Å². The number of aliphatic hydroxyl groups is 1. The smallest absolute Gasteiger partial charge is 0.307 e. The van der Waals surface area contributed by atoms with Crippen molar-refractivity contribution in [3.63, 3.8) is 0 Å². The summed E-state index contributed by atoms with van der Waals surface area (Å²) in [4.78, 5) is 12.7. The van der Waals surface area contributed by atoms with Crippen LogP contribution in [0.3, 0.4) is 0 Å². The lowest BCUT2D eigenvalue weighted by Gasteiger charge is -2.15. The van der Waals surface area contributed by atoms with Crippen LogP contribution in [0.15, 0.2) is 0 Å². The van der Waals surface area contributed by atoms with E-state index < -0.39 is 15.5 Å². The van der Waals surface area contributed by atoms with Crippen molar-refractivity contribution in [2.75, 3.05) is 46.1 Å². The minimum Gasteiger partial charge on any atom is -0.394 e. The number of carbonyl (C=O) groups excluding carboxylic acids is 1. The van der Waals surface area contributed by atoms with Crippen LogP contribution in [0.5, 0.6) is 0 Å². The molecule has 1 N–H and O–H groups in total. The summed E-state index contributed by atoms with van der Waals surface area (Å²) in [6, 6.07) is 0. The van der Waals surface area contributed by atoms with Crippen molar-refractivity contribution in [2.45, 2.75) is 11.7 Å². The normalized spacial score (nSPS) is 20.2. The molecule has 0 spiro atoms. The highest BCUT2D eigenvalue weighted by Crippen LogP contribution is 2.19. The maximum atomic E-state index is 12.7. The Morgan fingerprint density at radius 1 is 1.26 bits per heavy atom. The Kier molecular flexibility index (Phi) is 6.63. The van der Waals surface area contributed by atoms with Crippen LogP contribution in [0.25, 0.3) is 0 Å². The van der Waals surface area contributed by atoms with Gasteiger partial charge in [0.05, 0.1) is 33.0 Å². The highest BCUT2D eigenvalue weighted by molar-refractivity contribution is 7.87. The molecule has 0 aromatic heterocycles. The third-order valence-corrected chi connectivity index (χ3v) is 3.80. The molecule has 112 valence electrons. The lowest BCUT2D eigenvalue weighted by Crippen LogP contribution is -2.30. The maximum absolute atomic E-state index is 12.7. The molecule has 0 bridgehead atoms. The SMILES string of the molecule is O=C1CC(S(=O)(=O)F)CN1CCOCCOCCO. The van der Waals surface area contributed by atoms with Crippen molar-refractivity contribution in [1.29, 1.82) is 0 Å². The van der Waals surface area contributed by atoms with Gasteiger partial charge in [-0.05, 0) is 0 Å². The van der Waals surface area contributed by atoms with Crippen molar-refractivity contribution in [3.8, 4) is 0 Å². The molecule has 0 aromatic rings. The topological polar surface area (TPSA) is 93.1 Å². The summed E-state index contributed by atoms with van der Waals surface area (Å²) in [5, 5.41) is 7.19. The number of hydrogen-bond donors (Lipinski definition) is 1. The van der Waals surface area contributed by atoms with Crippen LogP contribution in [-0.2, 0) is 24.5 Å². The molecule has 0 aromatic carbocycles. The molecule has 7 nitrogen and oxygen atoms in total. The van der Waals surface area contributed by atoms with Gasteiger partial charge in [0.25, 0.3) is 0 Å². The van der Waals surface area contributed by atoms with Crippen molar-refractivity contribution in [2.24, 2.45) is 0 Å². The first-order valence-corrected chi connectivity index (χ1v) is 7.37. The van der Waals surface area contributed by atoms with Crippen molar-refractivity contribution in [3.05, 3.63) is 0 Å². The van der Waals surface area contributed by atoms with Gasteiger partial charge in [-0.15, -0.1) is 3.89 Å². The number of hydrogen-bond acceptors (Lipinski definition) is 6. The summed E-state index contributed by atoms with van der Waals surface area (Å²) in [5.41, 5.74) is 0. The van der Waals surface area contributed by atoms with Crippen molar-refractivity contribution >= 4 is 16.1 Å². The molecule has 1 aliphatic rings. The largest absolute Gasteiger partial charge is 0.394 e. The average Bonchev–Trinajstić information content (AvgIpc) is 2.70. The fourth-order valence-electron chi connectivity index (χ4n) is 1.70. The van der Waals surface area contributed by atoms with Crippen LogP contribution in [-0.4, -0.2) is 75.7 Å². The predicted octanol–water partition coefficient (Wildman–Crippen LogP) is -1.09. The average molecular weight is 299 g/mol. The Hall–Kier alpha value is -0.770. The van der Waals surface area contributed by atoms with Gasteiger partial charge in [0, 0.05) is 19.5 Å². The number of ether oxygens (including phenoxy) is 2. The van der Waals surface area contributed by atoms with E-state index in [2.05, 4.69) is 0 Å². The van der Waals surface area contributed by atoms with Gasteiger partial charge < -0.3 is 19.5 Å². The van der Waals surface area contributed by atoms with E-state index in [-0.39, 0.29) is 45.2 Å². The molecule has 1 aliphatic heterocycles. The molecule has 1 fully saturated rings. The van der Waals surface area contributed by atoms with Gasteiger partial charge in [0.1, 0.15) is 5.25 Å². The summed E-state index contributed by atoms with van der Waals surface area (Å²) in [5.74, 6) is -0.383. The Labute approximate surface area is 111 Å². The van der Waals surface area contributed by atoms with Crippen LogP contribution in [0.2, 0.25) is 0 Å². The first kappa shape index (κ1) is 16.3. The molecule has 0 saturated carbocycles. The molecule has 1 rings (SSSR count). The molecule has 1 heterocycles. The molecular weight excluding hydrogens is 281 g/mol. The lowest BCUT2D eigenvalue weighted by molar-refractivity contribution is -0.128. The molecule has 1 atom stereocenters. The number of amides is 1. The van der Waals surface area contributed by atoms with E-state index in [1.54, 1.807) is 0 Å². The van der Waals surface area contributed by atoms with E-state index in [0.29, 0.717) is 13.2 Å². The zero-order chi connectivity index (χ0) is 14.3. The van der Waals surface area contributed by atoms with Crippen LogP contribution in [0.4, 0.5) is 3.89 Å². The van der Waals surface area contributed by atoms with E-state index >= 15 is 0 Å². The third-order valence-electron chi connectivity index (χ3n) is 2.69. The number of carbonyl (C=O) groups is 1. The molecule has 1 amide bonds. The Morgan fingerprint density at radius 2 is 1.89 bits per heavy atom. The number of likely N-dealkylation sites (tertiary alicyclic amines) is 1.